The van der Waals surface area contributed by atoms with Crippen molar-refractivity contribution in [1.29, 1.82) is 5.26 Å². The maximum atomic E-state index is 8.80. The number of nitrogens with zero attached hydrogens (tertiary/aromatic N) is 3. The standard InChI is InChI=1S/C12H10ClN3O/c1-2-10(13)11-15-12(17-16-11)9-5-3-4-8(6-9)7-14/h3-6,10H,2H2,1H3. The average Bonchev–Trinajstić information content (AvgIpc) is 2.87. The Balaban J connectivity index is 2.34. The van der Waals surface area contributed by atoms with E-state index in [1.165, 1.54) is 0 Å². The zero-order valence-electron chi connectivity index (χ0n) is 9.22. The first-order valence-corrected chi connectivity index (χ1v) is 5.66. The summed E-state index contributed by atoms with van der Waals surface area (Å²) in [5.74, 6) is 0.864. The molecular weight excluding hydrogens is 238 g/mol. The first-order valence-electron chi connectivity index (χ1n) is 5.22. The summed E-state index contributed by atoms with van der Waals surface area (Å²) >= 11 is 6.01. The minimum Gasteiger partial charge on any atom is -0.334 e. The smallest absolute Gasteiger partial charge is 0.258 e. The van der Waals surface area contributed by atoms with E-state index < -0.39 is 0 Å². The Morgan fingerprint density at radius 1 is 1.53 bits per heavy atom. The molecule has 0 bridgehead atoms. The SMILES string of the molecule is CCC(Cl)c1noc(-c2cccc(C#N)c2)n1. The van der Waals surface area contributed by atoms with Crippen molar-refractivity contribution in [1.82, 2.24) is 10.1 Å². The van der Waals surface area contributed by atoms with Crippen LogP contribution in [0, 0.1) is 11.3 Å². The van der Waals surface area contributed by atoms with Crippen LogP contribution in [-0.2, 0) is 0 Å². The van der Waals surface area contributed by atoms with Gasteiger partial charge in [0, 0.05) is 5.56 Å². The Labute approximate surface area is 104 Å². The predicted octanol–water partition coefficient (Wildman–Crippen LogP) is 3.30. The maximum absolute atomic E-state index is 8.80. The second-order valence-electron chi connectivity index (χ2n) is 3.53. The van der Waals surface area contributed by atoms with Crippen molar-refractivity contribution in [2.45, 2.75) is 18.7 Å². The molecule has 2 rings (SSSR count). The molecule has 1 aromatic carbocycles. The minimum atomic E-state index is -0.244. The van der Waals surface area contributed by atoms with Crippen LogP contribution in [-0.4, -0.2) is 10.1 Å². The third-order valence-electron chi connectivity index (χ3n) is 2.32. The van der Waals surface area contributed by atoms with Gasteiger partial charge in [-0.3, -0.25) is 0 Å². The molecule has 4 nitrogen and oxygen atoms in total. The topological polar surface area (TPSA) is 62.7 Å². The molecule has 0 saturated carbocycles. The summed E-state index contributed by atoms with van der Waals surface area (Å²) in [6.45, 7) is 1.95. The summed E-state index contributed by atoms with van der Waals surface area (Å²) in [7, 11) is 0. The van der Waals surface area contributed by atoms with E-state index in [-0.39, 0.29) is 5.38 Å². The molecular formula is C12H10ClN3O. The maximum Gasteiger partial charge on any atom is 0.258 e. The number of hydrogen-bond acceptors (Lipinski definition) is 4. The molecule has 5 heteroatoms. The molecule has 1 unspecified atom stereocenters. The lowest BCUT2D eigenvalue weighted by atomic mass is 10.1. The predicted molar refractivity (Wildman–Crippen MR) is 63.3 cm³/mol. The van der Waals surface area contributed by atoms with Gasteiger partial charge in [-0.1, -0.05) is 18.1 Å². The molecule has 0 aliphatic carbocycles. The van der Waals surface area contributed by atoms with Gasteiger partial charge < -0.3 is 4.52 Å². The normalized spacial score (nSPS) is 12.1. The van der Waals surface area contributed by atoms with E-state index in [1.54, 1.807) is 18.2 Å². The molecule has 0 N–H and O–H groups in total. The van der Waals surface area contributed by atoms with Gasteiger partial charge in [0.05, 0.1) is 17.0 Å². The highest BCUT2D eigenvalue weighted by Gasteiger charge is 2.14. The summed E-state index contributed by atoms with van der Waals surface area (Å²) in [5, 5.41) is 12.4. The van der Waals surface area contributed by atoms with Crippen LogP contribution in [0.4, 0.5) is 0 Å². The lowest BCUT2D eigenvalue weighted by molar-refractivity contribution is 0.421. The molecule has 0 radical (unpaired) electrons. The van der Waals surface area contributed by atoms with Crippen molar-refractivity contribution >= 4 is 11.6 Å². The summed E-state index contributed by atoms with van der Waals surface area (Å²) in [6.07, 6.45) is 0.735. The van der Waals surface area contributed by atoms with Crippen molar-refractivity contribution in [3.63, 3.8) is 0 Å². The fourth-order valence-electron chi connectivity index (χ4n) is 1.38. The number of aromatic nitrogens is 2. The van der Waals surface area contributed by atoms with Gasteiger partial charge in [-0.2, -0.15) is 10.2 Å². The van der Waals surface area contributed by atoms with Crippen LogP contribution in [0.3, 0.4) is 0 Å². The van der Waals surface area contributed by atoms with Crippen LogP contribution in [0.5, 0.6) is 0 Å². The van der Waals surface area contributed by atoms with Gasteiger partial charge in [0.2, 0.25) is 0 Å². The molecule has 1 aromatic heterocycles. The van der Waals surface area contributed by atoms with Crippen LogP contribution >= 0.6 is 11.6 Å². The monoisotopic (exact) mass is 247 g/mol. The van der Waals surface area contributed by atoms with Gasteiger partial charge in [0.15, 0.2) is 5.82 Å². The van der Waals surface area contributed by atoms with Crippen LogP contribution in [0.1, 0.15) is 30.1 Å². The quantitative estimate of drug-likeness (QED) is 0.781. The van der Waals surface area contributed by atoms with Gasteiger partial charge in [0.25, 0.3) is 5.89 Å². The summed E-state index contributed by atoms with van der Waals surface area (Å²) in [4.78, 5) is 4.21. The number of rotatable bonds is 3. The Kier molecular flexibility index (Phi) is 3.40. The summed E-state index contributed by atoms with van der Waals surface area (Å²) in [6, 6.07) is 9.07. The van der Waals surface area contributed by atoms with Crippen molar-refractivity contribution < 1.29 is 4.52 Å². The number of halogens is 1. The molecule has 0 aliphatic heterocycles. The second kappa shape index (κ2) is 4.98. The molecule has 86 valence electrons. The van der Waals surface area contributed by atoms with Crippen molar-refractivity contribution in [2.75, 3.05) is 0 Å². The molecule has 0 aliphatic rings. The third kappa shape index (κ3) is 2.45. The molecule has 17 heavy (non-hydrogen) atoms. The van der Waals surface area contributed by atoms with Crippen LogP contribution in [0.15, 0.2) is 28.8 Å². The van der Waals surface area contributed by atoms with Crippen molar-refractivity contribution in [3.05, 3.63) is 35.7 Å². The Morgan fingerprint density at radius 2 is 2.35 bits per heavy atom. The van der Waals surface area contributed by atoms with Gasteiger partial charge >= 0.3 is 0 Å². The number of nitriles is 1. The molecule has 0 saturated heterocycles. The molecule has 0 fully saturated rings. The van der Waals surface area contributed by atoms with E-state index in [0.717, 1.165) is 12.0 Å². The summed E-state index contributed by atoms with van der Waals surface area (Å²) in [5.41, 5.74) is 1.28. The van der Waals surface area contributed by atoms with E-state index in [1.807, 2.05) is 13.0 Å². The third-order valence-corrected chi connectivity index (χ3v) is 2.82. The van der Waals surface area contributed by atoms with Crippen molar-refractivity contribution in [2.24, 2.45) is 0 Å². The Morgan fingerprint density at radius 3 is 3.06 bits per heavy atom. The van der Waals surface area contributed by atoms with E-state index >= 15 is 0 Å². The van der Waals surface area contributed by atoms with Gasteiger partial charge in [-0.05, 0) is 24.6 Å². The highest BCUT2D eigenvalue weighted by molar-refractivity contribution is 6.20. The van der Waals surface area contributed by atoms with Crippen LogP contribution < -0.4 is 0 Å². The van der Waals surface area contributed by atoms with Crippen LogP contribution in [0.2, 0.25) is 0 Å². The molecule has 1 atom stereocenters. The number of alkyl halides is 1. The lowest BCUT2D eigenvalue weighted by Gasteiger charge is -1.96. The average molecular weight is 248 g/mol. The lowest BCUT2D eigenvalue weighted by Crippen LogP contribution is -1.90. The fourth-order valence-corrected chi connectivity index (χ4v) is 1.47. The van der Waals surface area contributed by atoms with E-state index in [9.17, 15) is 0 Å². The fraction of sp³-hybridized carbons (Fsp3) is 0.250. The first kappa shape index (κ1) is 11.6. The first-order chi connectivity index (χ1) is 8.24. The van der Waals surface area contributed by atoms with Gasteiger partial charge in [-0.15, -0.1) is 11.6 Å². The summed E-state index contributed by atoms with van der Waals surface area (Å²) < 4.78 is 5.12. The number of benzene rings is 1. The Bertz CT molecular complexity index is 559. The van der Waals surface area contributed by atoms with Crippen molar-refractivity contribution in [3.8, 4) is 17.5 Å². The zero-order valence-corrected chi connectivity index (χ0v) is 9.98. The molecule has 0 spiro atoms. The number of hydrogen-bond donors (Lipinski definition) is 0. The largest absolute Gasteiger partial charge is 0.334 e. The van der Waals surface area contributed by atoms with E-state index in [2.05, 4.69) is 16.2 Å². The van der Waals surface area contributed by atoms with Gasteiger partial charge in [-0.25, -0.2) is 0 Å². The highest BCUT2D eigenvalue weighted by atomic mass is 35.5. The zero-order chi connectivity index (χ0) is 12.3. The van der Waals surface area contributed by atoms with Gasteiger partial charge in [0.1, 0.15) is 0 Å². The highest BCUT2D eigenvalue weighted by Crippen LogP contribution is 2.24. The minimum absolute atomic E-state index is 0.244. The molecule has 2 aromatic rings. The van der Waals surface area contributed by atoms with E-state index in [0.29, 0.717) is 17.3 Å². The molecule has 1 heterocycles. The van der Waals surface area contributed by atoms with Crippen LogP contribution in [0.25, 0.3) is 11.5 Å². The Hall–Kier alpha value is -1.86. The second-order valence-corrected chi connectivity index (χ2v) is 4.05. The van der Waals surface area contributed by atoms with E-state index in [4.69, 9.17) is 21.4 Å². The molecule has 0 amide bonds.